The van der Waals surface area contributed by atoms with Crippen LogP contribution in [0.3, 0.4) is 0 Å². The lowest BCUT2D eigenvalue weighted by atomic mass is 9.32. The fourth-order valence-electron chi connectivity index (χ4n) is 13.5. The van der Waals surface area contributed by atoms with E-state index in [4.69, 9.17) is 0 Å². The normalized spacial score (nSPS) is 39.7. The van der Waals surface area contributed by atoms with Crippen LogP contribution in [0.15, 0.2) is 37.4 Å². The summed E-state index contributed by atoms with van der Waals surface area (Å²) in [5.74, 6) is 1.22. The molecule has 8 atom stereocenters. The van der Waals surface area contributed by atoms with E-state index in [1.165, 1.54) is 75.5 Å². The predicted molar refractivity (Wildman–Crippen MR) is 192 cm³/mol. The lowest BCUT2D eigenvalue weighted by molar-refractivity contribution is -0.222. The van der Waals surface area contributed by atoms with Crippen LogP contribution >= 0.6 is 0 Å². The molecule has 0 radical (unpaired) electrons. The Labute approximate surface area is 289 Å². The number of hydrogen-bond acceptors (Lipinski definition) is 3. The highest BCUT2D eigenvalue weighted by molar-refractivity contribution is 5.88. The van der Waals surface area contributed by atoms with E-state index >= 15 is 0 Å². The van der Waals surface area contributed by atoms with Gasteiger partial charge >= 0.3 is 5.97 Å². The molecule has 0 bridgehead atoms. The Bertz CT molecular complexity index is 1450. The van der Waals surface area contributed by atoms with Gasteiger partial charge in [0, 0.05) is 32.6 Å². The molecule has 264 valence electrons. The molecule has 6 aliphatic rings. The highest BCUT2D eigenvalue weighted by Gasteiger charge is 2.69. The van der Waals surface area contributed by atoms with E-state index in [1.807, 2.05) is 11.0 Å². The molecule has 0 aromatic heterocycles. The summed E-state index contributed by atoms with van der Waals surface area (Å²) in [6.45, 7) is 22.5. The van der Waals surface area contributed by atoms with Gasteiger partial charge in [0.05, 0.1) is 5.56 Å². The third-order valence-corrected chi connectivity index (χ3v) is 15.8. The standard InChI is InChI=1S/C40H57FN2O3.C2H4/c1-36(2)28(26-10-11-27(35(45)46)31(41)24-26)14-17-37(3)32(36)15-18-39(5)33(37)13-12-29-30-8-6-16-40(30,20-19-38(29,39)4)25-42-21-23-43-22-7-9-34(43)44;1-2/h10-11,14,24,29-30,32-33,42H,6-9,12-13,15-23,25H2,1-5H3,(H,45,46);1-2H2/t29?,30?,32?,33?,37?,38-,39?,40?;/m1./s1. The number of carboxylic acid groups (broad SMARTS) is 1. The van der Waals surface area contributed by atoms with Gasteiger partial charge < -0.3 is 15.3 Å². The smallest absolute Gasteiger partial charge is 0.338 e. The van der Waals surface area contributed by atoms with E-state index in [0.717, 1.165) is 62.8 Å². The van der Waals surface area contributed by atoms with Crippen LogP contribution in [0.5, 0.6) is 0 Å². The second kappa shape index (κ2) is 12.7. The number of likely N-dealkylation sites (tertiary alicyclic amines) is 1. The monoisotopic (exact) mass is 660 g/mol. The average Bonchev–Trinajstić information content (AvgIpc) is 3.66. The first-order valence-corrected chi connectivity index (χ1v) is 19.0. The van der Waals surface area contributed by atoms with Crippen molar-refractivity contribution in [3.63, 3.8) is 0 Å². The minimum absolute atomic E-state index is 0.123. The van der Waals surface area contributed by atoms with Crippen molar-refractivity contribution in [3.8, 4) is 0 Å². The predicted octanol–water partition coefficient (Wildman–Crippen LogP) is 9.39. The third-order valence-electron chi connectivity index (χ3n) is 15.8. The summed E-state index contributed by atoms with van der Waals surface area (Å²) in [5.41, 5.74) is 2.89. The van der Waals surface area contributed by atoms with E-state index in [2.05, 4.69) is 59.2 Å². The number of carboxylic acids is 1. The molecule has 7 rings (SSSR count). The second-order valence-electron chi connectivity index (χ2n) is 17.7. The molecule has 0 spiro atoms. The molecule has 1 aromatic carbocycles. The van der Waals surface area contributed by atoms with Gasteiger partial charge in [-0.2, -0.15) is 0 Å². The summed E-state index contributed by atoms with van der Waals surface area (Å²) in [6.07, 6.45) is 17.0. The quantitative estimate of drug-likeness (QED) is 0.226. The van der Waals surface area contributed by atoms with Gasteiger partial charge in [-0.1, -0.05) is 53.2 Å². The Morgan fingerprint density at radius 1 is 0.958 bits per heavy atom. The van der Waals surface area contributed by atoms with Gasteiger partial charge in [0.15, 0.2) is 0 Å². The number of nitrogens with zero attached hydrogens (tertiary/aromatic N) is 1. The molecule has 4 saturated carbocycles. The topological polar surface area (TPSA) is 69.6 Å². The molecule has 5 nitrogen and oxygen atoms in total. The van der Waals surface area contributed by atoms with Crippen LogP contribution < -0.4 is 5.32 Å². The van der Waals surface area contributed by atoms with Gasteiger partial charge in [0.25, 0.3) is 0 Å². The molecule has 6 heteroatoms. The van der Waals surface area contributed by atoms with Gasteiger partial charge in [0.1, 0.15) is 5.82 Å². The Hall–Kier alpha value is -2.47. The fourth-order valence-corrected chi connectivity index (χ4v) is 13.5. The number of halogens is 1. The van der Waals surface area contributed by atoms with E-state index in [9.17, 15) is 19.1 Å². The first-order chi connectivity index (χ1) is 22.8. The molecule has 2 N–H and O–H groups in total. The van der Waals surface area contributed by atoms with Crippen molar-refractivity contribution in [1.82, 2.24) is 10.2 Å². The summed E-state index contributed by atoms with van der Waals surface area (Å²) >= 11 is 0. The molecular weight excluding hydrogens is 599 g/mol. The van der Waals surface area contributed by atoms with Crippen molar-refractivity contribution in [1.29, 1.82) is 0 Å². The van der Waals surface area contributed by atoms with Gasteiger partial charge in [-0.05, 0) is 138 Å². The van der Waals surface area contributed by atoms with Crippen molar-refractivity contribution in [2.45, 2.75) is 112 Å². The van der Waals surface area contributed by atoms with Gasteiger partial charge in [-0.3, -0.25) is 4.79 Å². The molecule has 1 aromatic rings. The molecule has 1 amide bonds. The molecule has 1 saturated heterocycles. The summed E-state index contributed by atoms with van der Waals surface area (Å²) in [6, 6.07) is 4.71. The first kappa shape index (κ1) is 35.4. The Morgan fingerprint density at radius 2 is 1.73 bits per heavy atom. The number of nitrogens with one attached hydrogen (secondary N) is 1. The average molecular weight is 661 g/mol. The van der Waals surface area contributed by atoms with E-state index in [0.29, 0.717) is 34.0 Å². The van der Waals surface area contributed by atoms with E-state index in [-0.39, 0.29) is 16.4 Å². The van der Waals surface area contributed by atoms with Crippen molar-refractivity contribution in [3.05, 3.63) is 54.4 Å². The zero-order chi connectivity index (χ0) is 34.7. The fraction of sp³-hybridized carbons (Fsp3) is 0.714. The summed E-state index contributed by atoms with van der Waals surface area (Å²) in [4.78, 5) is 25.7. The summed E-state index contributed by atoms with van der Waals surface area (Å²) in [7, 11) is 0. The number of benzene rings is 1. The Balaban J connectivity index is 0.00000197. The molecule has 48 heavy (non-hydrogen) atoms. The van der Waals surface area contributed by atoms with Crippen molar-refractivity contribution in [2.75, 3.05) is 26.2 Å². The lowest BCUT2D eigenvalue weighted by Crippen LogP contribution is -2.65. The maximum Gasteiger partial charge on any atom is 0.338 e. The van der Waals surface area contributed by atoms with Gasteiger partial charge in [-0.15, -0.1) is 13.2 Å². The van der Waals surface area contributed by atoms with Crippen LogP contribution in [-0.2, 0) is 4.79 Å². The summed E-state index contributed by atoms with van der Waals surface area (Å²) < 4.78 is 14.8. The van der Waals surface area contributed by atoms with Crippen molar-refractivity contribution < 1.29 is 19.1 Å². The van der Waals surface area contributed by atoms with Crippen LogP contribution in [0, 0.1) is 56.6 Å². The number of hydrogen-bond donors (Lipinski definition) is 2. The number of fused-ring (bicyclic) bond motifs is 7. The number of rotatable bonds is 7. The third kappa shape index (κ3) is 5.24. The van der Waals surface area contributed by atoms with Crippen molar-refractivity contribution >= 4 is 17.4 Å². The minimum Gasteiger partial charge on any atom is -0.478 e. The van der Waals surface area contributed by atoms with Gasteiger partial charge in [0.2, 0.25) is 5.91 Å². The number of amides is 1. The molecule has 7 unspecified atom stereocenters. The van der Waals surface area contributed by atoms with Crippen LogP contribution in [-0.4, -0.2) is 48.1 Å². The SMILES string of the molecule is C=C.CC1(C)C(c2ccc(C(=O)O)c(F)c2)=CCC2(C)C1CCC1(C)C2CCC2C3CCCC3(CNCCN3CCCC3=O)CC[C@]21C. The van der Waals surface area contributed by atoms with Crippen molar-refractivity contribution in [2.24, 2.45) is 50.7 Å². The zero-order valence-electron chi connectivity index (χ0n) is 30.4. The molecular formula is C42H61FN2O3. The minimum atomic E-state index is -1.21. The summed E-state index contributed by atoms with van der Waals surface area (Å²) in [5, 5.41) is 13.3. The highest BCUT2D eigenvalue weighted by Crippen LogP contribution is 2.77. The van der Waals surface area contributed by atoms with Gasteiger partial charge in [-0.25, -0.2) is 9.18 Å². The zero-order valence-corrected chi connectivity index (χ0v) is 30.4. The largest absolute Gasteiger partial charge is 0.478 e. The molecule has 1 aliphatic heterocycles. The molecule has 5 fully saturated rings. The van der Waals surface area contributed by atoms with Crippen LogP contribution in [0.25, 0.3) is 5.57 Å². The Kier molecular flexibility index (Phi) is 9.35. The molecule has 1 heterocycles. The maximum atomic E-state index is 14.8. The first-order valence-electron chi connectivity index (χ1n) is 19.0. The Morgan fingerprint density at radius 3 is 2.42 bits per heavy atom. The number of aromatic carboxylic acids is 1. The second-order valence-corrected chi connectivity index (χ2v) is 17.7. The lowest BCUT2D eigenvalue weighted by Gasteiger charge is -2.72. The number of allylic oxidation sites excluding steroid dienone is 2. The van der Waals surface area contributed by atoms with Crippen LogP contribution in [0.2, 0.25) is 0 Å². The number of carbonyl (C=O) groups is 2. The molecule has 5 aliphatic carbocycles. The van der Waals surface area contributed by atoms with Crippen LogP contribution in [0.1, 0.15) is 128 Å². The highest BCUT2D eigenvalue weighted by atomic mass is 19.1. The van der Waals surface area contributed by atoms with E-state index < -0.39 is 11.8 Å². The van der Waals surface area contributed by atoms with Crippen LogP contribution in [0.4, 0.5) is 4.39 Å². The number of carbonyl (C=O) groups excluding carboxylic acids is 1. The van der Waals surface area contributed by atoms with E-state index in [1.54, 1.807) is 0 Å². The maximum absolute atomic E-state index is 14.8.